The predicted molar refractivity (Wildman–Crippen MR) is 92.6 cm³/mol. The van der Waals surface area contributed by atoms with Crippen LogP contribution in [0.25, 0.3) is 0 Å². The second-order valence-electron chi connectivity index (χ2n) is 7.15. The Morgan fingerprint density at radius 1 is 1.33 bits per heavy atom. The molecular weight excluding hydrogens is 330 g/mol. The largest absolute Gasteiger partial charge is 0.488 e. The van der Waals surface area contributed by atoms with E-state index in [0.29, 0.717) is 18.1 Å². The number of aliphatic carboxylic acids is 1. The first-order chi connectivity index (χ1) is 11.2. The Morgan fingerprint density at radius 3 is 2.67 bits per heavy atom. The maximum atomic E-state index is 12.0. The number of carboxylic acids is 1. The van der Waals surface area contributed by atoms with Crippen LogP contribution in [-0.2, 0) is 15.0 Å². The van der Waals surface area contributed by atoms with E-state index in [1.54, 1.807) is 11.0 Å². The van der Waals surface area contributed by atoms with Crippen molar-refractivity contribution in [2.24, 2.45) is 0 Å². The highest BCUT2D eigenvalue weighted by atomic mass is 35.5. The van der Waals surface area contributed by atoms with Gasteiger partial charge in [0, 0.05) is 30.0 Å². The van der Waals surface area contributed by atoms with Crippen molar-refractivity contribution in [2.75, 3.05) is 13.1 Å². The molecule has 1 aliphatic heterocycles. The number of rotatable bonds is 5. The summed E-state index contributed by atoms with van der Waals surface area (Å²) in [6, 6.07) is 5.59. The first kappa shape index (κ1) is 18.6. The first-order valence-electron chi connectivity index (χ1n) is 8.13. The number of hydrogen-bond acceptors (Lipinski definition) is 3. The highest BCUT2D eigenvalue weighted by molar-refractivity contribution is 6.30. The number of hydrogen-bond donors (Lipinski definition) is 1. The molecule has 2 rings (SSSR count). The fourth-order valence-corrected chi connectivity index (χ4v) is 2.97. The van der Waals surface area contributed by atoms with Crippen LogP contribution in [-0.4, -0.2) is 41.1 Å². The summed E-state index contributed by atoms with van der Waals surface area (Å²) in [5, 5.41) is 9.35. The lowest BCUT2D eigenvalue weighted by Crippen LogP contribution is -2.31. The molecule has 1 heterocycles. The number of nitrogens with zero attached hydrogens (tertiary/aromatic N) is 1. The number of halogens is 1. The van der Waals surface area contributed by atoms with Gasteiger partial charge in [-0.25, -0.2) is 0 Å². The van der Waals surface area contributed by atoms with E-state index in [2.05, 4.69) is 20.8 Å². The van der Waals surface area contributed by atoms with Gasteiger partial charge in [0.1, 0.15) is 11.9 Å². The molecule has 1 aromatic rings. The van der Waals surface area contributed by atoms with Gasteiger partial charge in [-0.15, -0.1) is 0 Å². The summed E-state index contributed by atoms with van der Waals surface area (Å²) in [5.41, 5.74) is 0.932. The number of carboxylic acid groups (broad SMARTS) is 1. The third kappa shape index (κ3) is 4.87. The van der Waals surface area contributed by atoms with Crippen molar-refractivity contribution < 1.29 is 19.4 Å². The van der Waals surface area contributed by atoms with Crippen LogP contribution >= 0.6 is 11.6 Å². The summed E-state index contributed by atoms with van der Waals surface area (Å²) in [6.07, 6.45) is 0.564. The van der Waals surface area contributed by atoms with E-state index in [4.69, 9.17) is 21.4 Å². The molecule has 1 aliphatic rings. The van der Waals surface area contributed by atoms with Crippen LogP contribution in [0.2, 0.25) is 5.02 Å². The number of likely N-dealkylation sites (tertiary alicyclic amines) is 1. The first-order valence-corrected chi connectivity index (χ1v) is 8.51. The Balaban J connectivity index is 2.01. The molecule has 1 atom stereocenters. The van der Waals surface area contributed by atoms with Crippen molar-refractivity contribution in [1.29, 1.82) is 0 Å². The summed E-state index contributed by atoms with van der Waals surface area (Å²) in [6.45, 7) is 7.39. The van der Waals surface area contributed by atoms with E-state index in [-0.39, 0.29) is 30.3 Å². The second kappa shape index (κ2) is 7.43. The Hall–Kier alpha value is -1.75. The standard InChI is InChI=1S/C18H24ClNO4/c1-18(2,3)14-10-12(19)4-5-15(14)24-13-8-9-20(11-13)16(21)6-7-17(22)23/h4-5,10,13H,6-9,11H2,1-3H3,(H,22,23). The van der Waals surface area contributed by atoms with Crippen LogP contribution in [0.4, 0.5) is 0 Å². The van der Waals surface area contributed by atoms with Gasteiger partial charge in [-0.3, -0.25) is 9.59 Å². The molecule has 132 valence electrons. The zero-order valence-electron chi connectivity index (χ0n) is 14.3. The molecule has 0 radical (unpaired) electrons. The molecule has 1 saturated heterocycles. The van der Waals surface area contributed by atoms with Crippen LogP contribution in [0.5, 0.6) is 5.75 Å². The van der Waals surface area contributed by atoms with Crippen LogP contribution in [0, 0.1) is 0 Å². The number of amides is 1. The average Bonchev–Trinajstić information content (AvgIpc) is 2.94. The molecular formula is C18H24ClNO4. The quantitative estimate of drug-likeness (QED) is 0.880. The topological polar surface area (TPSA) is 66.8 Å². The Kier molecular flexibility index (Phi) is 5.75. The third-order valence-corrected chi connectivity index (χ3v) is 4.33. The van der Waals surface area contributed by atoms with Crippen molar-refractivity contribution in [3.8, 4) is 5.75 Å². The lowest BCUT2D eigenvalue weighted by Gasteiger charge is -2.25. The van der Waals surface area contributed by atoms with E-state index < -0.39 is 5.97 Å². The van der Waals surface area contributed by atoms with Gasteiger partial charge < -0.3 is 14.7 Å². The van der Waals surface area contributed by atoms with Crippen LogP contribution in [0.3, 0.4) is 0 Å². The molecule has 1 N–H and O–H groups in total. The van der Waals surface area contributed by atoms with Gasteiger partial charge in [-0.05, 0) is 23.6 Å². The predicted octanol–water partition coefficient (Wildman–Crippen LogP) is 3.48. The summed E-state index contributed by atoms with van der Waals surface area (Å²) in [7, 11) is 0. The zero-order chi connectivity index (χ0) is 17.9. The van der Waals surface area contributed by atoms with Crippen molar-refractivity contribution >= 4 is 23.5 Å². The minimum absolute atomic E-state index is 0.0379. The van der Waals surface area contributed by atoms with Crippen molar-refractivity contribution in [3.05, 3.63) is 28.8 Å². The van der Waals surface area contributed by atoms with Crippen molar-refractivity contribution in [3.63, 3.8) is 0 Å². The highest BCUT2D eigenvalue weighted by Gasteiger charge is 2.29. The van der Waals surface area contributed by atoms with Gasteiger partial charge in [0.05, 0.1) is 13.0 Å². The number of benzene rings is 1. The van der Waals surface area contributed by atoms with Gasteiger partial charge in [-0.2, -0.15) is 0 Å². The molecule has 1 fully saturated rings. The maximum Gasteiger partial charge on any atom is 0.303 e. The molecule has 0 saturated carbocycles. The summed E-state index contributed by atoms with van der Waals surface area (Å²) in [5.74, 6) is -0.293. The Morgan fingerprint density at radius 2 is 2.04 bits per heavy atom. The second-order valence-corrected chi connectivity index (χ2v) is 7.59. The fraction of sp³-hybridized carbons (Fsp3) is 0.556. The molecule has 0 bridgehead atoms. The molecule has 0 spiro atoms. The molecule has 0 aliphatic carbocycles. The number of carbonyl (C=O) groups is 2. The van der Waals surface area contributed by atoms with E-state index in [1.807, 2.05) is 12.1 Å². The summed E-state index contributed by atoms with van der Waals surface area (Å²) >= 11 is 6.11. The van der Waals surface area contributed by atoms with E-state index in [1.165, 1.54) is 0 Å². The van der Waals surface area contributed by atoms with E-state index >= 15 is 0 Å². The Bertz CT molecular complexity index is 624. The molecule has 0 aromatic heterocycles. The lowest BCUT2D eigenvalue weighted by molar-refractivity contribution is -0.140. The third-order valence-electron chi connectivity index (χ3n) is 4.09. The summed E-state index contributed by atoms with van der Waals surface area (Å²) < 4.78 is 6.13. The fourth-order valence-electron chi connectivity index (χ4n) is 2.79. The van der Waals surface area contributed by atoms with Gasteiger partial charge in [0.15, 0.2) is 0 Å². The molecule has 24 heavy (non-hydrogen) atoms. The molecule has 5 nitrogen and oxygen atoms in total. The molecule has 1 unspecified atom stereocenters. The van der Waals surface area contributed by atoms with Crippen molar-refractivity contribution in [1.82, 2.24) is 4.90 Å². The molecule has 1 aromatic carbocycles. The maximum absolute atomic E-state index is 12.0. The monoisotopic (exact) mass is 353 g/mol. The van der Waals surface area contributed by atoms with Gasteiger partial charge >= 0.3 is 5.97 Å². The number of carbonyl (C=O) groups excluding carboxylic acids is 1. The number of ether oxygens (including phenoxy) is 1. The minimum Gasteiger partial charge on any atom is -0.488 e. The van der Waals surface area contributed by atoms with E-state index in [0.717, 1.165) is 17.7 Å². The van der Waals surface area contributed by atoms with Gasteiger partial charge in [-0.1, -0.05) is 32.4 Å². The molecule has 1 amide bonds. The average molecular weight is 354 g/mol. The van der Waals surface area contributed by atoms with Crippen molar-refractivity contribution in [2.45, 2.75) is 51.6 Å². The SMILES string of the molecule is CC(C)(C)c1cc(Cl)ccc1OC1CCN(C(=O)CCC(=O)O)C1. The highest BCUT2D eigenvalue weighted by Crippen LogP contribution is 2.34. The van der Waals surface area contributed by atoms with Crippen LogP contribution in [0.15, 0.2) is 18.2 Å². The van der Waals surface area contributed by atoms with E-state index in [9.17, 15) is 9.59 Å². The smallest absolute Gasteiger partial charge is 0.303 e. The summed E-state index contributed by atoms with van der Waals surface area (Å²) in [4.78, 5) is 24.3. The normalized spacial score (nSPS) is 17.8. The van der Waals surface area contributed by atoms with Gasteiger partial charge in [0.2, 0.25) is 5.91 Å². The Labute approximate surface area is 147 Å². The molecule has 6 heteroatoms. The van der Waals surface area contributed by atoms with Gasteiger partial charge in [0.25, 0.3) is 0 Å². The minimum atomic E-state index is -0.952. The lowest BCUT2D eigenvalue weighted by atomic mass is 9.86. The zero-order valence-corrected chi connectivity index (χ0v) is 15.1. The van der Waals surface area contributed by atoms with Crippen LogP contribution in [0.1, 0.15) is 45.6 Å². The van der Waals surface area contributed by atoms with Crippen LogP contribution < -0.4 is 4.74 Å².